The van der Waals surface area contributed by atoms with Crippen LogP contribution in [0.4, 0.5) is 0 Å². The number of amides is 1. The zero-order valence-corrected chi connectivity index (χ0v) is 13.3. The fraction of sp³-hybridized carbons (Fsp3) is 0.500. The summed E-state index contributed by atoms with van der Waals surface area (Å²) in [7, 11) is 0. The Morgan fingerprint density at radius 3 is 3.05 bits per heavy atom. The van der Waals surface area contributed by atoms with Gasteiger partial charge in [0, 0.05) is 17.6 Å². The van der Waals surface area contributed by atoms with Crippen LogP contribution in [0.1, 0.15) is 30.1 Å². The molecule has 1 aromatic carbocycles. The second kappa shape index (κ2) is 6.25. The van der Waals surface area contributed by atoms with Crippen molar-refractivity contribution in [1.29, 1.82) is 0 Å². The lowest BCUT2D eigenvalue weighted by molar-refractivity contribution is 0.0925. The van der Waals surface area contributed by atoms with E-state index in [2.05, 4.69) is 33.5 Å². The topological polar surface area (TPSA) is 41.1 Å². The average molecular weight is 346 g/mol. The van der Waals surface area contributed by atoms with Crippen molar-refractivity contribution in [1.82, 2.24) is 10.6 Å². The van der Waals surface area contributed by atoms with Crippen LogP contribution in [0.2, 0.25) is 5.02 Å². The molecule has 0 radical (unpaired) electrons. The number of hydrogen-bond acceptors (Lipinski definition) is 2. The first-order chi connectivity index (χ1) is 9.02. The molecular formula is C14H18BrClN2O. The van der Waals surface area contributed by atoms with Crippen LogP contribution in [-0.2, 0) is 0 Å². The van der Waals surface area contributed by atoms with Gasteiger partial charge in [-0.15, -0.1) is 0 Å². The van der Waals surface area contributed by atoms with Crippen LogP contribution in [0.25, 0.3) is 0 Å². The van der Waals surface area contributed by atoms with E-state index in [4.69, 9.17) is 11.6 Å². The lowest BCUT2D eigenvalue weighted by atomic mass is 9.83. The van der Waals surface area contributed by atoms with E-state index in [0.29, 0.717) is 17.1 Å². The summed E-state index contributed by atoms with van der Waals surface area (Å²) in [5.41, 5.74) is 0.648. The molecule has 1 aliphatic heterocycles. The third kappa shape index (κ3) is 3.71. The van der Waals surface area contributed by atoms with Crippen molar-refractivity contribution in [3.05, 3.63) is 33.3 Å². The van der Waals surface area contributed by atoms with E-state index >= 15 is 0 Å². The van der Waals surface area contributed by atoms with Gasteiger partial charge >= 0.3 is 0 Å². The lowest BCUT2D eigenvalue weighted by Crippen LogP contribution is -2.45. The molecule has 1 saturated heterocycles. The molecule has 1 fully saturated rings. The monoisotopic (exact) mass is 344 g/mol. The van der Waals surface area contributed by atoms with E-state index in [0.717, 1.165) is 30.4 Å². The van der Waals surface area contributed by atoms with Gasteiger partial charge in [0.05, 0.1) is 10.6 Å². The van der Waals surface area contributed by atoms with Gasteiger partial charge in [-0.1, -0.05) is 24.6 Å². The Kier molecular flexibility index (Phi) is 4.87. The van der Waals surface area contributed by atoms with Crippen molar-refractivity contribution in [2.75, 3.05) is 19.6 Å². The van der Waals surface area contributed by atoms with Crippen LogP contribution in [0.5, 0.6) is 0 Å². The molecule has 0 saturated carbocycles. The zero-order chi connectivity index (χ0) is 13.9. The maximum absolute atomic E-state index is 12.2. The van der Waals surface area contributed by atoms with Crippen molar-refractivity contribution in [3.63, 3.8) is 0 Å². The molecule has 1 aromatic rings. The maximum atomic E-state index is 12.2. The molecule has 1 atom stereocenters. The Hall–Kier alpha value is -0.580. The summed E-state index contributed by atoms with van der Waals surface area (Å²) in [6, 6.07) is 5.38. The molecule has 0 aromatic heterocycles. The molecule has 1 amide bonds. The number of carbonyl (C=O) groups is 1. The number of rotatable bonds is 3. The van der Waals surface area contributed by atoms with E-state index in [1.54, 1.807) is 6.07 Å². The molecule has 2 N–H and O–H groups in total. The summed E-state index contributed by atoms with van der Waals surface area (Å²) >= 11 is 9.45. The summed E-state index contributed by atoms with van der Waals surface area (Å²) in [6.07, 6.45) is 2.29. The van der Waals surface area contributed by atoms with E-state index in [9.17, 15) is 4.79 Å². The van der Waals surface area contributed by atoms with Crippen molar-refractivity contribution in [3.8, 4) is 0 Å². The number of hydrogen-bond donors (Lipinski definition) is 2. The Bertz CT molecular complexity index is 473. The third-order valence-electron chi connectivity index (χ3n) is 3.56. The molecule has 1 heterocycles. The van der Waals surface area contributed by atoms with Crippen LogP contribution in [0, 0.1) is 5.41 Å². The minimum absolute atomic E-state index is 0.113. The van der Waals surface area contributed by atoms with Gasteiger partial charge in [-0.3, -0.25) is 4.79 Å². The van der Waals surface area contributed by atoms with Gasteiger partial charge in [-0.05, 0) is 52.9 Å². The molecule has 19 heavy (non-hydrogen) atoms. The standard InChI is InChI=1S/C14H18BrClN2O/c1-14(6-3-7-17-8-14)9-18-13(19)10-4-2-5-11(15)12(10)16/h2,4-5,17H,3,6-9H2,1H3,(H,18,19). The molecular weight excluding hydrogens is 328 g/mol. The van der Waals surface area contributed by atoms with E-state index in [-0.39, 0.29) is 11.3 Å². The highest BCUT2D eigenvalue weighted by atomic mass is 79.9. The van der Waals surface area contributed by atoms with Gasteiger partial charge in [0.1, 0.15) is 0 Å². The molecule has 3 nitrogen and oxygen atoms in total. The summed E-state index contributed by atoms with van der Waals surface area (Å²) in [5, 5.41) is 6.83. The summed E-state index contributed by atoms with van der Waals surface area (Å²) < 4.78 is 0.743. The Labute approximate surface area is 127 Å². The first kappa shape index (κ1) is 14.8. The van der Waals surface area contributed by atoms with Gasteiger partial charge in [0.2, 0.25) is 0 Å². The average Bonchev–Trinajstić information content (AvgIpc) is 2.40. The van der Waals surface area contributed by atoms with Crippen LogP contribution in [0.15, 0.2) is 22.7 Å². The van der Waals surface area contributed by atoms with Crippen molar-refractivity contribution in [2.45, 2.75) is 19.8 Å². The highest BCUT2D eigenvalue weighted by Gasteiger charge is 2.27. The smallest absolute Gasteiger partial charge is 0.252 e. The highest BCUT2D eigenvalue weighted by molar-refractivity contribution is 9.10. The normalized spacial score (nSPS) is 23.1. The largest absolute Gasteiger partial charge is 0.351 e. The Morgan fingerprint density at radius 1 is 1.58 bits per heavy atom. The molecule has 5 heteroatoms. The number of nitrogens with one attached hydrogen (secondary N) is 2. The second-order valence-electron chi connectivity index (χ2n) is 5.38. The summed E-state index contributed by atoms with van der Waals surface area (Å²) in [5.74, 6) is -0.113. The molecule has 2 rings (SSSR count). The van der Waals surface area contributed by atoms with Crippen molar-refractivity contribution in [2.24, 2.45) is 5.41 Å². The van der Waals surface area contributed by atoms with Gasteiger partial charge in [-0.2, -0.15) is 0 Å². The van der Waals surface area contributed by atoms with Crippen LogP contribution in [-0.4, -0.2) is 25.5 Å². The molecule has 0 spiro atoms. The van der Waals surface area contributed by atoms with Gasteiger partial charge < -0.3 is 10.6 Å². The van der Waals surface area contributed by atoms with E-state index < -0.39 is 0 Å². The summed E-state index contributed by atoms with van der Waals surface area (Å²) in [4.78, 5) is 12.2. The second-order valence-corrected chi connectivity index (χ2v) is 6.61. The first-order valence-electron chi connectivity index (χ1n) is 6.45. The van der Waals surface area contributed by atoms with Crippen LogP contribution >= 0.6 is 27.5 Å². The first-order valence-corrected chi connectivity index (χ1v) is 7.62. The SMILES string of the molecule is CC1(CNC(=O)c2cccc(Br)c2Cl)CCCNC1. The van der Waals surface area contributed by atoms with Gasteiger partial charge in [-0.25, -0.2) is 0 Å². The number of carbonyl (C=O) groups excluding carboxylic acids is 1. The number of piperidine rings is 1. The number of benzene rings is 1. The van der Waals surface area contributed by atoms with Gasteiger partial charge in [0.25, 0.3) is 5.91 Å². The van der Waals surface area contributed by atoms with Crippen LogP contribution < -0.4 is 10.6 Å². The highest BCUT2D eigenvalue weighted by Crippen LogP contribution is 2.27. The zero-order valence-electron chi connectivity index (χ0n) is 10.9. The van der Waals surface area contributed by atoms with Crippen molar-refractivity contribution >= 4 is 33.4 Å². The fourth-order valence-corrected chi connectivity index (χ4v) is 2.92. The Morgan fingerprint density at radius 2 is 2.37 bits per heavy atom. The van der Waals surface area contributed by atoms with Crippen LogP contribution in [0.3, 0.4) is 0 Å². The maximum Gasteiger partial charge on any atom is 0.252 e. The quantitative estimate of drug-likeness (QED) is 0.883. The molecule has 0 aliphatic carbocycles. The predicted octanol–water partition coefficient (Wildman–Crippen LogP) is 3.22. The fourth-order valence-electron chi connectivity index (χ4n) is 2.34. The van der Waals surface area contributed by atoms with Crippen molar-refractivity contribution < 1.29 is 4.79 Å². The predicted molar refractivity (Wildman–Crippen MR) is 81.7 cm³/mol. The minimum atomic E-state index is -0.113. The molecule has 104 valence electrons. The van der Waals surface area contributed by atoms with E-state index in [1.165, 1.54) is 0 Å². The molecule has 1 unspecified atom stereocenters. The number of halogens is 2. The molecule has 0 bridgehead atoms. The third-order valence-corrected chi connectivity index (χ3v) is 4.85. The minimum Gasteiger partial charge on any atom is -0.351 e. The van der Waals surface area contributed by atoms with Gasteiger partial charge in [0.15, 0.2) is 0 Å². The summed E-state index contributed by atoms with van der Waals surface area (Å²) in [6.45, 7) is 4.88. The lowest BCUT2D eigenvalue weighted by Gasteiger charge is -2.34. The Balaban J connectivity index is 1.99. The van der Waals surface area contributed by atoms with E-state index in [1.807, 2.05) is 12.1 Å². The molecule has 1 aliphatic rings.